The van der Waals surface area contributed by atoms with E-state index < -0.39 is 0 Å². The van der Waals surface area contributed by atoms with Crippen LogP contribution in [0, 0.1) is 11.3 Å². The summed E-state index contributed by atoms with van der Waals surface area (Å²) >= 11 is 1.16. The fraction of sp³-hybridized carbons (Fsp3) is 0.192. The molecule has 2 amide bonds. The third kappa shape index (κ3) is 5.18. The lowest BCUT2D eigenvalue weighted by Gasteiger charge is -2.25. The average Bonchev–Trinajstić information content (AvgIpc) is 2.83. The number of anilines is 1. The van der Waals surface area contributed by atoms with E-state index in [1.807, 2.05) is 73.7 Å². The van der Waals surface area contributed by atoms with Crippen molar-refractivity contribution in [2.24, 2.45) is 0 Å². The van der Waals surface area contributed by atoms with Gasteiger partial charge in [-0.2, -0.15) is 5.26 Å². The van der Waals surface area contributed by atoms with E-state index in [4.69, 9.17) is 4.74 Å². The van der Waals surface area contributed by atoms with Crippen LogP contribution in [0.25, 0.3) is 10.8 Å². The van der Waals surface area contributed by atoms with E-state index >= 15 is 0 Å². The van der Waals surface area contributed by atoms with Crippen molar-refractivity contribution in [3.05, 3.63) is 82.9 Å². The van der Waals surface area contributed by atoms with Crippen molar-refractivity contribution in [3.63, 3.8) is 0 Å². The highest BCUT2D eigenvalue weighted by atomic mass is 32.2. The molecule has 0 saturated carbocycles. The Morgan fingerprint density at radius 3 is 2.67 bits per heavy atom. The average molecular weight is 458 g/mol. The number of carbonyl (C=O) groups excluding carboxylic acids is 2. The predicted octanol–water partition coefficient (Wildman–Crippen LogP) is 4.95. The standard InChI is InChI=1S/C26H23N3O3S/c1-2-32-19-12-10-18(11-13-19)21-14-24(30)29-26(22(21)15-27)33-16-25(31)28-23-9-5-7-17-6-3-4-8-20(17)23/h3-13,21H,2,14,16H2,1H3,(H,28,31)(H,29,30)/t21-/m0/s1. The molecule has 0 saturated heterocycles. The molecule has 7 heteroatoms. The first-order valence-corrected chi connectivity index (χ1v) is 11.6. The van der Waals surface area contributed by atoms with Crippen molar-refractivity contribution < 1.29 is 14.3 Å². The van der Waals surface area contributed by atoms with Gasteiger partial charge in [0.25, 0.3) is 0 Å². The summed E-state index contributed by atoms with van der Waals surface area (Å²) in [5.41, 5.74) is 2.05. The first-order valence-electron chi connectivity index (χ1n) is 10.7. The molecule has 33 heavy (non-hydrogen) atoms. The molecule has 2 N–H and O–H groups in total. The van der Waals surface area contributed by atoms with Crippen LogP contribution in [-0.4, -0.2) is 24.2 Å². The molecule has 3 aromatic rings. The van der Waals surface area contributed by atoms with E-state index in [9.17, 15) is 14.9 Å². The summed E-state index contributed by atoms with van der Waals surface area (Å²) in [6.07, 6.45) is 0.184. The minimum Gasteiger partial charge on any atom is -0.494 e. The maximum Gasteiger partial charge on any atom is 0.234 e. The maximum absolute atomic E-state index is 12.7. The highest BCUT2D eigenvalue weighted by Gasteiger charge is 2.30. The number of rotatable bonds is 7. The molecule has 0 aromatic heterocycles. The summed E-state index contributed by atoms with van der Waals surface area (Å²) in [7, 11) is 0. The minimum absolute atomic E-state index is 0.0695. The summed E-state index contributed by atoms with van der Waals surface area (Å²) < 4.78 is 5.48. The quantitative estimate of drug-likeness (QED) is 0.524. The van der Waals surface area contributed by atoms with Gasteiger partial charge >= 0.3 is 0 Å². The van der Waals surface area contributed by atoms with E-state index in [-0.39, 0.29) is 29.9 Å². The van der Waals surface area contributed by atoms with Crippen LogP contribution in [0.2, 0.25) is 0 Å². The zero-order valence-electron chi connectivity index (χ0n) is 18.1. The molecule has 0 radical (unpaired) electrons. The Morgan fingerprint density at radius 1 is 1.15 bits per heavy atom. The maximum atomic E-state index is 12.7. The summed E-state index contributed by atoms with van der Waals surface area (Å²) in [4.78, 5) is 25.0. The van der Waals surface area contributed by atoms with Crippen molar-refractivity contribution in [2.45, 2.75) is 19.3 Å². The van der Waals surface area contributed by atoms with Gasteiger partial charge in [-0.1, -0.05) is 60.3 Å². The lowest BCUT2D eigenvalue weighted by Crippen LogP contribution is -2.31. The van der Waals surface area contributed by atoms with Gasteiger partial charge in [-0.25, -0.2) is 0 Å². The van der Waals surface area contributed by atoms with Gasteiger partial charge < -0.3 is 15.4 Å². The Labute approximate surface area is 196 Å². The minimum atomic E-state index is -0.358. The van der Waals surface area contributed by atoms with Crippen molar-refractivity contribution in [2.75, 3.05) is 17.7 Å². The molecule has 0 bridgehead atoms. The fourth-order valence-electron chi connectivity index (χ4n) is 3.84. The van der Waals surface area contributed by atoms with E-state index in [0.717, 1.165) is 39.5 Å². The van der Waals surface area contributed by atoms with Crippen molar-refractivity contribution >= 4 is 40.0 Å². The lowest BCUT2D eigenvalue weighted by molar-refractivity contribution is -0.121. The largest absolute Gasteiger partial charge is 0.494 e. The molecule has 6 nitrogen and oxygen atoms in total. The van der Waals surface area contributed by atoms with E-state index in [2.05, 4.69) is 16.7 Å². The SMILES string of the molecule is CCOc1ccc([C@@H]2CC(=O)NC(SCC(=O)Nc3cccc4ccccc34)=C2C#N)cc1. The first-order chi connectivity index (χ1) is 16.1. The topological polar surface area (TPSA) is 91.2 Å². The number of nitrogens with one attached hydrogen (secondary N) is 2. The van der Waals surface area contributed by atoms with E-state index in [1.54, 1.807) is 0 Å². The van der Waals surface area contributed by atoms with Gasteiger partial charge in [0.1, 0.15) is 5.75 Å². The van der Waals surface area contributed by atoms with E-state index in [1.165, 1.54) is 0 Å². The summed E-state index contributed by atoms with van der Waals surface area (Å²) in [5, 5.41) is 18.0. The fourth-order valence-corrected chi connectivity index (χ4v) is 4.72. The molecule has 0 spiro atoms. The molecule has 0 aliphatic carbocycles. The number of benzene rings is 3. The Kier molecular flexibility index (Phi) is 6.96. The normalized spacial score (nSPS) is 15.6. The van der Waals surface area contributed by atoms with Crippen molar-refractivity contribution in [1.82, 2.24) is 5.32 Å². The molecule has 1 heterocycles. The highest BCUT2D eigenvalue weighted by molar-refractivity contribution is 8.03. The van der Waals surface area contributed by atoms with E-state index in [0.29, 0.717) is 17.2 Å². The van der Waals surface area contributed by atoms with Crippen LogP contribution >= 0.6 is 11.8 Å². The predicted molar refractivity (Wildman–Crippen MR) is 131 cm³/mol. The molecule has 4 rings (SSSR count). The Morgan fingerprint density at radius 2 is 1.91 bits per heavy atom. The number of ether oxygens (including phenoxy) is 1. The Hall–Kier alpha value is -3.76. The van der Waals surface area contributed by atoms with Crippen molar-refractivity contribution in [1.29, 1.82) is 5.26 Å². The summed E-state index contributed by atoms with van der Waals surface area (Å²) in [6, 6.07) is 23.2. The first kappa shape index (κ1) is 22.4. The van der Waals surface area contributed by atoms with Gasteiger partial charge in [-0.3, -0.25) is 9.59 Å². The molecular formula is C26H23N3O3S. The Balaban J connectivity index is 1.50. The number of nitrogens with zero attached hydrogens (tertiary/aromatic N) is 1. The second-order valence-electron chi connectivity index (χ2n) is 7.53. The molecule has 0 fully saturated rings. The molecule has 166 valence electrons. The van der Waals surface area contributed by atoms with Crippen LogP contribution < -0.4 is 15.4 Å². The van der Waals surface area contributed by atoms with Crippen LogP contribution in [0.3, 0.4) is 0 Å². The van der Waals surface area contributed by atoms with Gasteiger partial charge in [0.2, 0.25) is 11.8 Å². The van der Waals surface area contributed by atoms with Gasteiger partial charge in [0, 0.05) is 23.4 Å². The number of fused-ring (bicyclic) bond motifs is 1. The number of nitriles is 1. The Bertz CT molecular complexity index is 1260. The number of carbonyl (C=O) groups is 2. The third-order valence-electron chi connectivity index (χ3n) is 5.36. The summed E-state index contributed by atoms with van der Waals surface area (Å²) in [6.45, 7) is 2.48. The number of hydrogen-bond acceptors (Lipinski definition) is 5. The van der Waals surface area contributed by atoms with Gasteiger partial charge in [-0.15, -0.1) is 0 Å². The second-order valence-corrected chi connectivity index (χ2v) is 8.51. The number of amides is 2. The zero-order chi connectivity index (χ0) is 23.2. The second kappa shape index (κ2) is 10.2. The van der Waals surface area contributed by atoms with Crippen LogP contribution in [0.4, 0.5) is 5.69 Å². The molecular weight excluding hydrogens is 434 g/mol. The highest BCUT2D eigenvalue weighted by Crippen LogP contribution is 2.36. The molecule has 1 atom stereocenters. The molecule has 1 aliphatic rings. The zero-order valence-corrected chi connectivity index (χ0v) is 18.9. The van der Waals surface area contributed by atoms with Gasteiger partial charge in [0.05, 0.1) is 29.0 Å². The number of thioether (sulfide) groups is 1. The van der Waals surface area contributed by atoms with Crippen LogP contribution in [0.1, 0.15) is 24.8 Å². The van der Waals surface area contributed by atoms with Gasteiger partial charge in [0.15, 0.2) is 0 Å². The van der Waals surface area contributed by atoms with Crippen LogP contribution in [0.5, 0.6) is 5.75 Å². The molecule has 3 aromatic carbocycles. The molecule has 0 unspecified atom stereocenters. The number of allylic oxidation sites excluding steroid dienone is 1. The number of hydrogen-bond donors (Lipinski definition) is 2. The third-order valence-corrected chi connectivity index (χ3v) is 6.38. The van der Waals surface area contributed by atoms with Crippen molar-refractivity contribution in [3.8, 4) is 11.8 Å². The monoisotopic (exact) mass is 457 g/mol. The van der Waals surface area contributed by atoms with Gasteiger partial charge in [-0.05, 0) is 36.1 Å². The van der Waals surface area contributed by atoms with Crippen LogP contribution in [-0.2, 0) is 9.59 Å². The van der Waals surface area contributed by atoms with Crippen LogP contribution in [0.15, 0.2) is 77.3 Å². The lowest BCUT2D eigenvalue weighted by atomic mass is 9.87. The molecule has 1 aliphatic heterocycles. The summed E-state index contributed by atoms with van der Waals surface area (Å²) in [5.74, 6) is 0.0650. The smallest absolute Gasteiger partial charge is 0.234 e.